The number of rotatable bonds is 6. The molecule has 9 nitrogen and oxygen atoms in total. The number of aromatic amines is 1. The molecule has 1 aliphatic rings. The maximum absolute atomic E-state index is 13.0. The molecular weight excluding hydrogens is 424 g/mol. The van der Waals surface area contributed by atoms with Crippen LogP contribution in [0.25, 0.3) is 10.8 Å². The number of aromatic nitrogens is 2. The lowest BCUT2D eigenvalue weighted by molar-refractivity contribution is -0.156. The van der Waals surface area contributed by atoms with E-state index in [0.717, 1.165) is 0 Å². The summed E-state index contributed by atoms with van der Waals surface area (Å²) in [4.78, 5) is 41.8. The smallest absolute Gasteiger partial charge is 0.308 e. The van der Waals surface area contributed by atoms with E-state index in [1.807, 2.05) is 0 Å². The number of hydrogen-bond acceptors (Lipinski definition) is 6. The number of carboxylic acid groups (broad SMARTS) is 1. The number of oxime groups is 1. The summed E-state index contributed by atoms with van der Waals surface area (Å²) < 4.78 is 0. The molecule has 0 bridgehead atoms. The van der Waals surface area contributed by atoms with Crippen LogP contribution in [0, 0.1) is 0 Å². The summed E-state index contributed by atoms with van der Waals surface area (Å²) in [7, 11) is 0. The molecule has 2 aromatic carbocycles. The third-order valence-corrected chi connectivity index (χ3v) is 5.25. The fourth-order valence-corrected chi connectivity index (χ4v) is 3.57. The third kappa shape index (κ3) is 4.13. The second-order valence-electron chi connectivity index (χ2n) is 7.11. The molecule has 1 aromatic heterocycles. The molecule has 10 heteroatoms. The van der Waals surface area contributed by atoms with Crippen LogP contribution in [0.4, 0.5) is 0 Å². The first-order valence-corrected chi connectivity index (χ1v) is 9.73. The number of nitrogens with zero attached hydrogens (tertiary/aromatic N) is 2. The standard InChI is InChI=1S/C21H17ClN4O5/c22-13-7-5-12(6-8-13)16-9-21(31-26-16,10-18(27)28)20(30)23-11-17-14-3-1-2-4-15(14)19(29)25-24-17/h1-8H,9-11H2,(H,23,30)(H,25,29)(H,27,28). The Morgan fingerprint density at radius 1 is 1.16 bits per heavy atom. The molecule has 3 N–H and O–H groups in total. The molecule has 4 rings (SSSR count). The van der Waals surface area contributed by atoms with Crippen molar-refractivity contribution in [3.05, 3.63) is 75.2 Å². The zero-order valence-corrected chi connectivity index (χ0v) is 16.8. The Balaban J connectivity index is 1.55. The molecule has 0 aliphatic carbocycles. The number of H-pyrrole nitrogens is 1. The summed E-state index contributed by atoms with van der Waals surface area (Å²) in [5.74, 6) is -1.84. The fourth-order valence-electron chi connectivity index (χ4n) is 3.45. The zero-order valence-electron chi connectivity index (χ0n) is 16.1. The van der Waals surface area contributed by atoms with Crippen LogP contribution in [-0.2, 0) is 21.0 Å². The minimum Gasteiger partial charge on any atom is -0.481 e. The van der Waals surface area contributed by atoms with Gasteiger partial charge in [0.2, 0.25) is 5.60 Å². The number of amides is 1. The van der Waals surface area contributed by atoms with Crippen molar-refractivity contribution in [3.63, 3.8) is 0 Å². The minimum absolute atomic E-state index is 0.0213. The van der Waals surface area contributed by atoms with Gasteiger partial charge in [-0.2, -0.15) is 5.10 Å². The largest absolute Gasteiger partial charge is 0.481 e. The van der Waals surface area contributed by atoms with Gasteiger partial charge in [0.25, 0.3) is 11.5 Å². The Bertz CT molecular complexity index is 1250. The van der Waals surface area contributed by atoms with Crippen molar-refractivity contribution in [3.8, 4) is 0 Å². The number of benzene rings is 2. The van der Waals surface area contributed by atoms with E-state index in [9.17, 15) is 19.5 Å². The Labute approximate surface area is 180 Å². The molecule has 1 amide bonds. The van der Waals surface area contributed by atoms with E-state index in [4.69, 9.17) is 16.4 Å². The summed E-state index contributed by atoms with van der Waals surface area (Å²) >= 11 is 5.90. The molecule has 1 aliphatic heterocycles. The lowest BCUT2D eigenvalue weighted by atomic mass is 9.90. The van der Waals surface area contributed by atoms with Crippen molar-refractivity contribution < 1.29 is 19.5 Å². The number of carbonyl (C=O) groups is 2. The molecule has 158 valence electrons. The minimum atomic E-state index is -1.70. The summed E-state index contributed by atoms with van der Waals surface area (Å²) in [6.07, 6.45) is -0.591. The molecule has 3 aromatic rings. The Hall–Kier alpha value is -3.72. The molecule has 2 heterocycles. The number of carbonyl (C=O) groups excluding carboxylic acids is 1. The molecular formula is C21H17ClN4O5. The lowest BCUT2D eigenvalue weighted by Crippen LogP contribution is -2.48. The Morgan fingerprint density at radius 3 is 2.58 bits per heavy atom. The summed E-state index contributed by atoms with van der Waals surface area (Å²) in [5.41, 5.74) is -0.476. The van der Waals surface area contributed by atoms with Crippen molar-refractivity contribution in [1.29, 1.82) is 0 Å². The number of halogens is 1. The van der Waals surface area contributed by atoms with Gasteiger partial charge in [0.05, 0.1) is 29.8 Å². The molecule has 0 fully saturated rings. The van der Waals surface area contributed by atoms with Gasteiger partial charge in [0.1, 0.15) is 0 Å². The van der Waals surface area contributed by atoms with Crippen LogP contribution in [0.15, 0.2) is 58.5 Å². The van der Waals surface area contributed by atoms with Gasteiger partial charge in [-0.1, -0.05) is 47.1 Å². The third-order valence-electron chi connectivity index (χ3n) is 5.00. The highest BCUT2D eigenvalue weighted by molar-refractivity contribution is 6.30. The number of carboxylic acids is 1. The molecule has 0 radical (unpaired) electrons. The quantitative estimate of drug-likeness (QED) is 0.538. The number of fused-ring (bicyclic) bond motifs is 1. The van der Waals surface area contributed by atoms with E-state index in [1.165, 1.54) is 0 Å². The summed E-state index contributed by atoms with van der Waals surface area (Å²) in [6, 6.07) is 13.6. The molecule has 0 saturated carbocycles. The van der Waals surface area contributed by atoms with Crippen LogP contribution in [-0.4, -0.2) is 38.5 Å². The van der Waals surface area contributed by atoms with E-state index in [-0.39, 0.29) is 18.5 Å². The van der Waals surface area contributed by atoms with Gasteiger partial charge in [-0.15, -0.1) is 0 Å². The number of hydrogen-bond donors (Lipinski definition) is 3. The molecule has 1 unspecified atom stereocenters. The van der Waals surface area contributed by atoms with Gasteiger partial charge in [-0.3, -0.25) is 14.4 Å². The fraction of sp³-hybridized carbons (Fsp3) is 0.190. The first kappa shape index (κ1) is 20.5. The van der Waals surface area contributed by atoms with Crippen LogP contribution in [0.3, 0.4) is 0 Å². The van der Waals surface area contributed by atoms with Gasteiger partial charge < -0.3 is 15.3 Å². The van der Waals surface area contributed by atoms with Gasteiger partial charge in [-0.25, -0.2) is 5.10 Å². The normalized spacial score (nSPS) is 17.8. The number of nitrogens with one attached hydrogen (secondary N) is 2. The van der Waals surface area contributed by atoms with Crippen LogP contribution < -0.4 is 10.9 Å². The maximum Gasteiger partial charge on any atom is 0.308 e. The van der Waals surface area contributed by atoms with Crippen LogP contribution in [0.5, 0.6) is 0 Å². The second-order valence-corrected chi connectivity index (χ2v) is 7.54. The van der Waals surface area contributed by atoms with Crippen molar-refractivity contribution in [2.24, 2.45) is 5.16 Å². The first-order chi connectivity index (χ1) is 14.9. The van der Waals surface area contributed by atoms with Gasteiger partial charge >= 0.3 is 5.97 Å². The van der Waals surface area contributed by atoms with Gasteiger partial charge in [-0.05, 0) is 23.8 Å². The first-order valence-electron chi connectivity index (χ1n) is 9.35. The van der Waals surface area contributed by atoms with Crippen molar-refractivity contribution in [2.45, 2.75) is 25.0 Å². The molecule has 0 spiro atoms. The highest BCUT2D eigenvalue weighted by Gasteiger charge is 2.48. The highest BCUT2D eigenvalue weighted by Crippen LogP contribution is 2.31. The van der Waals surface area contributed by atoms with Crippen molar-refractivity contribution in [1.82, 2.24) is 15.5 Å². The van der Waals surface area contributed by atoms with Crippen LogP contribution in [0.2, 0.25) is 5.02 Å². The molecule has 1 atom stereocenters. The average molecular weight is 441 g/mol. The van der Waals surface area contributed by atoms with Crippen molar-refractivity contribution in [2.75, 3.05) is 0 Å². The van der Waals surface area contributed by atoms with E-state index in [0.29, 0.717) is 32.8 Å². The highest BCUT2D eigenvalue weighted by atomic mass is 35.5. The zero-order chi connectivity index (χ0) is 22.0. The SMILES string of the molecule is O=C(O)CC1(C(=O)NCc2n[nH]c(=O)c3ccccc23)CC(c2ccc(Cl)cc2)=NO1. The lowest BCUT2D eigenvalue weighted by Gasteiger charge is -2.23. The summed E-state index contributed by atoms with van der Waals surface area (Å²) in [6.45, 7) is -0.0306. The summed E-state index contributed by atoms with van der Waals surface area (Å²) in [5, 5.41) is 24.0. The van der Waals surface area contributed by atoms with Crippen LogP contribution in [0.1, 0.15) is 24.1 Å². The molecule has 0 saturated heterocycles. The topological polar surface area (TPSA) is 134 Å². The second kappa shape index (κ2) is 8.19. The number of aliphatic carboxylic acids is 1. The van der Waals surface area contributed by atoms with E-state index >= 15 is 0 Å². The average Bonchev–Trinajstić information content (AvgIpc) is 3.18. The molecule has 31 heavy (non-hydrogen) atoms. The Morgan fingerprint density at radius 2 is 1.87 bits per heavy atom. The predicted molar refractivity (Wildman–Crippen MR) is 113 cm³/mol. The van der Waals surface area contributed by atoms with Gasteiger partial charge in [0, 0.05) is 16.8 Å². The van der Waals surface area contributed by atoms with Crippen LogP contribution >= 0.6 is 11.6 Å². The monoisotopic (exact) mass is 440 g/mol. The van der Waals surface area contributed by atoms with E-state index in [1.54, 1.807) is 48.5 Å². The maximum atomic E-state index is 13.0. The van der Waals surface area contributed by atoms with Crippen molar-refractivity contribution >= 4 is 40.0 Å². The Kier molecular flexibility index (Phi) is 5.43. The van der Waals surface area contributed by atoms with Gasteiger partial charge in [0.15, 0.2) is 0 Å². The van der Waals surface area contributed by atoms with E-state index < -0.39 is 23.9 Å². The van der Waals surface area contributed by atoms with E-state index in [2.05, 4.69) is 20.7 Å². The predicted octanol–water partition coefficient (Wildman–Crippen LogP) is 2.23.